The van der Waals surface area contributed by atoms with Crippen molar-refractivity contribution in [3.63, 3.8) is 0 Å². The average Bonchev–Trinajstić information content (AvgIpc) is 3.13. The highest BCUT2D eigenvalue weighted by Crippen LogP contribution is 2.26. The number of nitrogens with zero attached hydrogens (tertiary/aromatic N) is 4. The van der Waals surface area contributed by atoms with Crippen LogP contribution in [0.5, 0.6) is 0 Å². The molecule has 0 N–H and O–H groups in total. The van der Waals surface area contributed by atoms with Gasteiger partial charge >= 0.3 is 0 Å². The number of amides is 1. The molecule has 1 aliphatic heterocycles. The molecule has 166 valence electrons. The number of aryl methyl sites for hydroxylation is 1. The number of hydrogen-bond acceptors (Lipinski definition) is 4. The summed E-state index contributed by atoms with van der Waals surface area (Å²) in [4.78, 5) is 30.2. The first kappa shape index (κ1) is 21.8. The summed E-state index contributed by atoms with van der Waals surface area (Å²) >= 11 is 0. The first-order chi connectivity index (χ1) is 15.5. The number of piperidine rings is 1. The molecule has 1 fully saturated rings. The Bertz CT molecular complexity index is 1110. The summed E-state index contributed by atoms with van der Waals surface area (Å²) in [7, 11) is 1.69. The van der Waals surface area contributed by atoms with E-state index in [9.17, 15) is 9.59 Å². The number of ketones is 1. The van der Waals surface area contributed by atoms with Crippen molar-refractivity contribution in [3.8, 4) is 5.69 Å². The quantitative estimate of drug-likeness (QED) is 0.432. The molecule has 2 aromatic carbocycles. The third-order valence-corrected chi connectivity index (χ3v) is 6.16. The van der Waals surface area contributed by atoms with Crippen LogP contribution in [0.3, 0.4) is 0 Å². The number of aromatic nitrogens is 2. The topological polar surface area (TPSA) is 58.4 Å². The standard InChI is InChI=1S/C26H30N4O2/c1-19-24(20(2)30(27-19)22-13-6-4-7-14-22)25(31)26(32)28(3)18-21-12-8-9-15-23(21)29-16-10-5-11-17-29/h4,6-9,12-15H,5,10-11,16-18H2,1-3H3. The molecule has 0 spiro atoms. The fourth-order valence-corrected chi connectivity index (χ4v) is 4.49. The molecule has 1 aliphatic rings. The molecule has 4 rings (SSSR count). The molecule has 0 aliphatic carbocycles. The maximum absolute atomic E-state index is 13.2. The number of carbonyl (C=O) groups excluding carboxylic acids is 2. The fraction of sp³-hybridized carbons (Fsp3) is 0.346. The largest absolute Gasteiger partial charge is 0.371 e. The number of likely N-dealkylation sites (N-methyl/N-ethyl adjacent to an activating group) is 1. The van der Waals surface area contributed by atoms with E-state index < -0.39 is 11.7 Å². The van der Waals surface area contributed by atoms with Gasteiger partial charge in [0, 0.05) is 32.4 Å². The predicted molar refractivity (Wildman–Crippen MR) is 126 cm³/mol. The van der Waals surface area contributed by atoms with Crippen molar-refractivity contribution >= 4 is 17.4 Å². The van der Waals surface area contributed by atoms with E-state index >= 15 is 0 Å². The maximum Gasteiger partial charge on any atom is 0.295 e. The van der Waals surface area contributed by atoms with Crippen LogP contribution in [0.2, 0.25) is 0 Å². The number of anilines is 1. The molecule has 0 bridgehead atoms. The van der Waals surface area contributed by atoms with Crippen LogP contribution in [0.4, 0.5) is 5.69 Å². The van der Waals surface area contributed by atoms with Crippen LogP contribution in [0.1, 0.15) is 46.6 Å². The maximum atomic E-state index is 13.2. The van der Waals surface area contributed by atoms with Crippen LogP contribution in [-0.4, -0.2) is 46.5 Å². The molecule has 0 unspecified atom stereocenters. The zero-order valence-corrected chi connectivity index (χ0v) is 19.0. The molecule has 3 aromatic rings. The molecular formula is C26H30N4O2. The Labute approximate surface area is 189 Å². The van der Waals surface area contributed by atoms with Crippen LogP contribution in [0.25, 0.3) is 5.69 Å². The minimum atomic E-state index is -0.516. The third-order valence-electron chi connectivity index (χ3n) is 6.16. The predicted octanol–water partition coefficient (Wildman–Crippen LogP) is 4.32. The zero-order chi connectivity index (χ0) is 22.7. The SMILES string of the molecule is Cc1nn(-c2ccccc2)c(C)c1C(=O)C(=O)N(C)Cc1ccccc1N1CCCCC1. The number of para-hydroxylation sites is 2. The van der Waals surface area contributed by atoms with Gasteiger partial charge < -0.3 is 9.80 Å². The van der Waals surface area contributed by atoms with Crippen molar-refractivity contribution in [2.75, 3.05) is 25.0 Å². The number of rotatable bonds is 6. The van der Waals surface area contributed by atoms with Crippen LogP contribution in [0.15, 0.2) is 54.6 Å². The minimum absolute atomic E-state index is 0.384. The van der Waals surface area contributed by atoms with Gasteiger partial charge in [-0.05, 0) is 56.9 Å². The summed E-state index contributed by atoms with van der Waals surface area (Å²) in [5.41, 5.74) is 4.70. The summed E-state index contributed by atoms with van der Waals surface area (Å²) in [6.07, 6.45) is 3.64. The van der Waals surface area contributed by atoms with E-state index in [0.717, 1.165) is 30.0 Å². The molecule has 0 saturated carbocycles. The van der Waals surface area contributed by atoms with E-state index in [2.05, 4.69) is 16.1 Å². The second kappa shape index (κ2) is 9.39. The van der Waals surface area contributed by atoms with E-state index in [4.69, 9.17) is 0 Å². The van der Waals surface area contributed by atoms with E-state index in [1.165, 1.54) is 24.2 Å². The molecule has 6 heteroatoms. The summed E-state index contributed by atoms with van der Waals surface area (Å²) in [5.74, 6) is -1.03. The lowest BCUT2D eigenvalue weighted by molar-refractivity contribution is -0.125. The minimum Gasteiger partial charge on any atom is -0.371 e. The van der Waals surface area contributed by atoms with Gasteiger partial charge in [0.15, 0.2) is 0 Å². The van der Waals surface area contributed by atoms with Crippen molar-refractivity contribution in [2.45, 2.75) is 39.7 Å². The Morgan fingerprint density at radius 2 is 1.59 bits per heavy atom. The highest BCUT2D eigenvalue weighted by molar-refractivity contribution is 6.43. The Balaban J connectivity index is 1.55. The van der Waals surface area contributed by atoms with Crippen LogP contribution >= 0.6 is 0 Å². The third kappa shape index (κ3) is 4.31. The number of carbonyl (C=O) groups is 2. The van der Waals surface area contributed by atoms with Crippen molar-refractivity contribution in [2.24, 2.45) is 0 Å². The Morgan fingerprint density at radius 3 is 2.31 bits per heavy atom. The summed E-state index contributed by atoms with van der Waals surface area (Å²) in [6, 6.07) is 17.8. The highest BCUT2D eigenvalue weighted by atomic mass is 16.2. The molecule has 6 nitrogen and oxygen atoms in total. The van der Waals surface area contributed by atoms with E-state index in [1.807, 2.05) is 55.5 Å². The first-order valence-electron chi connectivity index (χ1n) is 11.2. The van der Waals surface area contributed by atoms with E-state index in [0.29, 0.717) is 23.5 Å². The van der Waals surface area contributed by atoms with Gasteiger partial charge in [0.2, 0.25) is 0 Å². The van der Waals surface area contributed by atoms with Crippen molar-refractivity contribution in [3.05, 3.63) is 77.1 Å². The highest BCUT2D eigenvalue weighted by Gasteiger charge is 2.28. The fourth-order valence-electron chi connectivity index (χ4n) is 4.49. The Morgan fingerprint density at radius 1 is 0.938 bits per heavy atom. The lowest BCUT2D eigenvalue weighted by Gasteiger charge is -2.31. The van der Waals surface area contributed by atoms with Gasteiger partial charge in [0.25, 0.3) is 11.7 Å². The summed E-state index contributed by atoms with van der Waals surface area (Å²) < 4.78 is 1.72. The normalized spacial score (nSPS) is 13.8. The van der Waals surface area contributed by atoms with Gasteiger partial charge in [0.1, 0.15) is 0 Å². The second-order valence-corrected chi connectivity index (χ2v) is 8.46. The van der Waals surface area contributed by atoms with Crippen molar-refractivity contribution in [1.82, 2.24) is 14.7 Å². The van der Waals surface area contributed by atoms with Crippen molar-refractivity contribution in [1.29, 1.82) is 0 Å². The van der Waals surface area contributed by atoms with Crippen LogP contribution < -0.4 is 4.90 Å². The first-order valence-corrected chi connectivity index (χ1v) is 11.2. The summed E-state index contributed by atoms with van der Waals surface area (Å²) in [5, 5.41) is 4.52. The monoisotopic (exact) mass is 430 g/mol. The summed E-state index contributed by atoms with van der Waals surface area (Å²) in [6.45, 7) is 6.06. The average molecular weight is 431 g/mol. The second-order valence-electron chi connectivity index (χ2n) is 8.46. The molecule has 0 atom stereocenters. The van der Waals surface area contributed by atoms with Gasteiger partial charge in [-0.15, -0.1) is 0 Å². The van der Waals surface area contributed by atoms with Gasteiger partial charge in [-0.2, -0.15) is 5.10 Å². The molecule has 0 radical (unpaired) electrons. The number of Topliss-reactive ketones (excluding diaryl/α,β-unsaturated/α-hetero) is 1. The molecule has 1 saturated heterocycles. The van der Waals surface area contributed by atoms with Crippen molar-refractivity contribution < 1.29 is 9.59 Å². The number of hydrogen-bond donors (Lipinski definition) is 0. The van der Waals surface area contributed by atoms with E-state index in [1.54, 1.807) is 18.7 Å². The smallest absolute Gasteiger partial charge is 0.295 e. The molecule has 32 heavy (non-hydrogen) atoms. The van der Waals surface area contributed by atoms with Crippen LogP contribution in [-0.2, 0) is 11.3 Å². The molecule has 1 aromatic heterocycles. The Hall–Kier alpha value is -3.41. The Kier molecular flexibility index (Phi) is 6.40. The van der Waals surface area contributed by atoms with Gasteiger partial charge in [-0.1, -0.05) is 36.4 Å². The van der Waals surface area contributed by atoms with Crippen LogP contribution in [0, 0.1) is 13.8 Å². The van der Waals surface area contributed by atoms with E-state index in [-0.39, 0.29) is 0 Å². The lowest BCUT2D eigenvalue weighted by atomic mass is 10.1. The molecule has 2 heterocycles. The zero-order valence-electron chi connectivity index (χ0n) is 19.0. The van der Waals surface area contributed by atoms with Gasteiger partial charge in [-0.3, -0.25) is 9.59 Å². The molecular weight excluding hydrogens is 400 g/mol. The number of benzene rings is 2. The lowest BCUT2D eigenvalue weighted by Crippen LogP contribution is -2.35. The van der Waals surface area contributed by atoms with Gasteiger partial charge in [0.05, 0.1) is 22.6 Å². The molecule has 1 amide bonds. The van der Waals surface area contributed by atoms with Gasteiger partial charge in [-0.25, -0.2) is 4.68 Å².